The molecule has 0 unspecified atom stereocenters. The average molecular weight is 213 g/mol. The summed E-state index contributed by atoms with van der Waals surface area (Å²) in [5.41, 5.74) is 0. The van der Waals surface area contributed by atoms with Crippen LogP contribution in [0.5, 0.6) is 0 Å². The van der Waals surface area contributed by atoms with Crippen LogP contribution in [0, 0.1) is 5.92 Å². The third kappa shape index (κ3) is 2.52. The first kappa shape index (κ1) is 11.4. The van der Waals surface area contributed by atoms with Crippen LogP contribution in [0.3, 0.4) is 0 Å². The van der Waals surface area contributed by atoms with Gasteiger partial charge in [0.05, 0.1) is 13.2 Å². The van der Waals surface area contributed by atoms with Crippen molar-refractivity contribution >= 4 is 0 Å². The molecule has 1 saturated carbocycles. The van der Waals surface area contributed by atoms with Gasteiger partial charge in [-0.2, -0.15) is 0 Å². The van der Waals surface area contributed by atoms with Crippen molar-refractivity contribution in [2.75, 3.05) is 26.8 Å². The summed E-state index contributed by atoms with van der Waals surface area (Å²) >= 11 is 0. The summed E-state index contributed by atoms with van der Waals surface area (Å²) < 4.78 is 11.8. The molecule has 1 heterocycles. The van der Waals surface area contributed by atoms with Crippen molar-refractivity contribution in [2.45, 2.75) is 44.3 Å². The molecule has 88 valence electrons. The fraction of sp³-hybridized carbons (Fsp3) is 1.00. The van der Waals surface area contributed by atoms with Crippen molar-refractivity contribution in [3.8, 4) is 0 Å². The fourth-order valence-corrected chi connectivity index (χ4v) is 2.90. The summed E-state index contributed by atoms with van der Waals surface area (Å²) in [6.07, 6.45) is 7.64. The van der Waals surface area contributed by atoms with E-state index in [-0.39, 0.29) is 5.79 Å². The monoisotopic (exact) mass is 213 g/mol. The molecule has 1 aliphatic carbocycles. The summed E-state index contributed by atoms with van der Waals surface area (Å²) in [6.45, 7) is 2.54. The largest absolute Gasteiger partial charge is 0.347 e. The predicted molar refractivity (Wildman–Crippen MR) is 59.8 cm³/mol. The van der Waals surface area contributed by atoms with E-state index in [1.807, 2.05) is 7.05 Å². The molecule has 1 N–H and O–H groups in total. The number of hydrogen-bond donors (Lipinski definition) is 1. The number of rotatable bonds is 4. The van der Waals surface area contributed by atoms with E-state index in [2.05, 4.69) is 5.32 Å². The highest BCUT2D eigenvalue weighted by molar-refractivity contribution is 4.85. The van der Waals surface area contributed by atoms with E-state index >= 15 is 0 Å². The standard InChI is InChI=1S/C12H23NO2/c1-13-8-7-12(14-9-10-15-12)11-5-3-2-4-6-11/h11,13H,2-10H2,1H3. The van der Waals surface area contributed by atoms with Gasteiger partial charge in [0.1, 0.15) is 0 Å². The summed E-state index contributed by atoms with van der Waals surface area (Å²) in [4.78, 5) is 0. The average Bonchev–Trinajstić information content (AvgIpc) is 2.78. The first-order valence-electron chi connectivity index (χ1n) is 6.30. The predicted octanol–water partition coefficient (Wildman–Crippen LogP) is 1.92. The van der Waals surface area contributed by atoms with E-state index in [1.165, 1.54) is 32.1 Å². The normalized spacial score (nSPS) is 27.0. The van der Waals surface area contributed by atoms with Crippen molar-refractivity contribution in [1.82, 2.24) is 5.32 Å². The first-order valence-corrected chi connectivity index (χ1v) is 6.30. The molecule has 3 heteroatoms. The van der Waals surface area contributed by atoms with Crippen LogP contribution >= 0.6 is 0 Å². The van der Waals surface area contributed by atoms with Crippen LogP contribution in [-0.4, -0.2) is 32.6 Å². The van der Waals surface area contributed by atoms with E-state index in [1.54, 1.807) is 0 Å². The molecule has 0 aromatic rings. The van der Waals surface area contributed by atoms with Gasteiger partial charge >= 0.3 is 0 Å². The lowest BCUT2D eigenvalue weighted by atomic mass is 9.81. The Morgan fingerprint density at radius 2 is 1.80 bits per heavy atom. The van der Waals surface area contributed by atoms with Gasteiger partial charge in [-0.3, -0.25) is 0 Å². The molecule has 1 saturated heterocycles. The Hall–Kier alpha value is -0.120. The SMILES string of the molecule is CNCCC1(C2CCCCC2)OCCO1. The lowest BCUT2D eigenvalue weighted by Crippen LogP contribution is -2.42. The highest BCUT2D eigenvalue weighted by Gasteiger charge is 2.43. The molecule has 1 aliphatic heterocycles. The second-order valence-electron chi connectivity index (χ2n) is 4.70. The van der Waals surface area contributed by atoms with E-state index in [0.717, 1.165) is 26.2 Å². The van der Waals surface area contributed by atoms with E-state index < -0.39 is 0 Å². The minimum Gasteiger partial charge on any atom is -0.347 e. The first-order chi connectivity index (χ1) is 7.37. The molecule has 0 aromatic carbocycles. The van der Waals surface area contributed by atoms with Crippen LogP contribution in [-0.2, 0) is 9.47 Å². The molecule has 2 fully saturated rings. The Balaban J connectivity index is 1.96. The van der Waals surface area contributed by atoms with Crippen LogP contribution in [0.2, 0.25) is 0 Å². The third-order valence-corrected chi connectivity index (χ3v) is 3.73. The molecular formula is C12H23NO2. The number of hydrogen-bond acceptors (Lipinski definition) is 3. The lowest BCUT2D eigenvalue weighted by molar-refractivity contribution is -0.205. The van der Waals surface area contributed by atoms with E-state index in [0.29, 0.717) is 5.92 Å². The van der Waals surface area contributed by atoms with Gasteiger partial charge in [-0.05, 0) is 26.4 Å². The van der Waals surface area contributed by atoms with E-state index in [9.17, 15) is 0 Å². The molecular weight excluding hydrogens is 190 g/mol. The van der Waals surface area contributed by atoms with Gasteiger partial charge in [0, 0.05) is 12.3 Å². The minimum atomic E-state index is -0.247. The molecule has 0 aromatic heterocycles. The highest BCUT2D eigenvalue weighted by atomic mass is 16.7. The van der Waals surface area contributed by atoms with Gasteiger partial charge in [-0.25, -0.2) is 0 Å². The van der Waals surface area contributed by atoms with Gasteiger partial charge in [-0.1, -0.05) is 19.3 Å². The van der Waals surface area contributed by atoms with Crippen molar-refractivity contribution < 1.29 is 9.47 Å². The maximum Gasteiger partial charge on any atom is 0.172 e. The van der Waals surface area contributed by atoms with Gasteiger partial charge in [0.25, 0.3) is 0 Å². The molecule has 3 nitrogen and oxygen atoms in total. The maximum atomic E-state index is 5.92. The molecule has 0 atom stereocenters. The van der Waals surface area contributed by atoms with Crippen LogP contribution in [0.15, 0.2) is 0 Å². The second-order valence-corrected chi connectivity index (χ2v) is 4.70. The molecule has 0 radical (unpaired) electrons. The minimum absolute atomic E-state index is 0.247. The van der Waals surface area contributed by atoms with Crippen molar-refractivity contribution in [2.24, 2.45) is 5.92 Å². The molecule has 2 aliphatic rings. The second kappa shape index (κ2) is 5.28. The Labute approximate surface area is 92.5 Å². The van der Waals surface area contributed by atoms with Gasteiger partial charge in [0.15, 0.2) is 5.79 Å². The summed E-state index contributed by atoms with van der Waals surface area (Å²) in [6, 6.07) is 0. The Morgan fingerprint density at radius 3 is 2.40 bits per heavy atom. The Morgan fingerprint density at radius 1 is 1.13 bits per heavy atom. The zero-order valence-electron chi connectivity index (χ0n) is 9.76. The quantitative estimate of drug-likeness (QED) is 0.774. The molecule has 0 amide bonds. The third-order valence-electron chi connectivity index (χ3n) is 3.73. The Bertz CT molecular complexity index is 184. The molecule has 0 spiro atoms. The van der Waals surface area contributed by atoms with Crippen molar-refractivity contribution in [1.29, 1.82) is 0 Å². The molecule has 15 heavy (non-hydrogen) atoms. The summed E-state index contributed by atoms with van der Waals surface area (Å²) in [5, 5.41) is 3.20. The summed E-state index contributed by atoms with van der Waals surface area (Å²) in [7, 11) is 1.99. The maximum absolute atomic E-state index is 5.92. The van der Waals surface area contributed by atoms with Crippen LogP contribution in [0.4, 0.5) is 0 Å². The number of nitrogens with one attached hydrogen (secondary N) is 1. The Kier molecular flexibility index (Phi) is 4.00. The smallest absolute Gasteiger partial charge is 0.172 e. The molecule has 0 bridgehead atoms. The lowest BCUT2D eigenvalue weighted by Gasteiger charge is -2.38. The van der Waals surface area contributed by atoms with Gasteiger partial charge < -0.3 is 14.8 Å². The number of ether oxygens (including phenoxy) is 2. The van der Waals surface area contributed by atoms with E-state index in [4.69, 9.17) is 9.47 Å². The van der Waals surface area contributed by atoms with Gasteiger partial charge in [-0.15, -0.1) is 0 Å². The zero-order chi connectivity index (χ0) is 10.6. The van der Waals surface area contributed by atoms with Crippen LogP contribution in [0.25, 0.3) is 0 Å². The fourth-order valence-electron chi connectivity index (χ4n) is 2.90. The van der Waals surface area contributed by atoms with Gasteiger partial charge in [0.2, 0.25) is 0 Å². The zero-order valence-corrected chi connectivity index (χ0v) is 9.76. The highest BCUT2D eigenvalue weighted by Crippen LogP contribution is 2.40. The topological polar surface area (TPSA) is 30.5 Å². The van der Waals surface area contributed by atoms with Crippen LogP contribution in [0.1, 0.15) is 38.5 Å². The van der Waals surface area contributed by atoms with Crippen molar-refractivity contribution in [3.63, 3.8) is 0 Å². The molecule has 2 rings (SSSR count). The summed E-state index contributed by atoms with van der Waals surface area (Å²) in [5.74, 6) is 0.380. The van der Waals surface area contributed by atoms with Crippen molar-refractivity contribution in [3.05, 3.63) is 0 Å². The van der Waals surface area contributed by atoms with Crippen LogP contribution < -0.4 is 5.32 Å².